The van der Waals surface area contributed by atoms with Crippen LogP contribution in [-0.4, -0.2) is 12.5 Å². The molecule has 0 spiro atoms. The summed E-state index contributed by atoms with van der Waals surface area (Å²) in [5.74, 6) is -0.405. The van der Waals surface area contributed by atoms with Gasteiger partial charge >= 0.3 is 0 Å². The van der Waals surface area contributed by atoms with Crippen LogP contribution in [0.2, 0.25) is 5.02 Å². The molecule has 0 aliphatic heterocycles. The van der Waals surface area contributed by atoms with Crippen molar-refractivity contribution in [1.82, 2.24) is 0 Å². The van der Waals surface area contributed by atoms with Gasteiger partial charge in [0.15, 0.2) is 0 Å². The molecule has 1 fully saturated rings. The zero-order chi connectivity index (χ0) is 23.9. The van der Waals surface area contributed by atoms with Crippen LogP contribution >= 0.6 is 11.6 Å². The van der Waals surface area contributed by atoms with Crippen molar-refractivity contribution >= 4 is 23.2 Å². The van der Waals surface area contributed by atoms with Gasteiger partial charge in [-0.05, 0) is 79.1 Å². The lowest BCUT2D eigenvalue weighted by molar-refractivity contribution is -0.122. The highest BCUT2D eigenvalue weighted by molar-refractivity contribution is 6.30. The molecule has 3 aromatic carbocycles. The fourth-order valence-corrected chi connectivity index (χ4v) is 5.01. The van der Waals surface area contributed by atoms with E-state index in [-0.39, 0.29) is 23.6 Å². The highest BCUT2D eigenvalue weighted by Crippen LogP contribution is 2.31. The number of benzene rings is 3. The first-order valence-electron chi connectivity index (χ1n) is 11.8. The second-order valence-corrected chi connectivity index (χ2v) is 9.53. The fraction of sp³-hybridized carbons (Fsp3) is 0.310. The van der Waals surface area contributed by atoms with Gasteiger partial charge in [-0.15, -0.1) is 0 Å². The molecule has 0 aromatic heterocycles. The van der Waals surface area contributed by atoms with Gasteiger partial charge in [0.05, 0.1) is 17.3 Å². The Morgan fingerprint density at radius 2 is 1.71 bits per heavy atom. The molecule has 0 saturated heterocycles. The third-order valence-electron chi connectivity index (χ3n) is 6.57. The molecular weight excluding hydrogens is 447 g/mol. The number of nitrogens with zero attached hydrogens (tertiary/aromatic N) is 2. The smallest absolute Gasteiger partial charge is 0.230 e. The SMILES string of the molecule is N#Cc1cccc(CC(Cc2ccc(Cl)cc2)CN(C(=O)C2CCCC2)c2ccccc2F)c1. The maximum absolute atomic E-state index is 14.9. The lowest BCUT2D eigenvalue weighted by Crippen LogP contribution is -2.40. The van der Waals surface area contributed by atoms with Gasteiger partial charge in [-0.3, -0.25) is 4.79 Å². The van der Waals surface area contributed by atoms with Crippen LogP contribution in [0.3, 0.4) is 0 Å². The van der Waals surface area contributed by atoms with Gasteiger partial charge in [0.1, 0.15) is 5.82 Å². The molecule has 0 bridgehead atoms. The summed E-state index contributed by atoms with van der Waals surface area (Å²) < 4.78 is 14.9. The molecule has 1 unspecified atom stereocenters. The van der Waals surface area contributed by atoms with E-state index in [1.54, 1.807) is 29.2 Å². The van der Waals surface area contributed by atoms with E-state index >= 15 is 0 Å². The van der Waals surface area contributed by atoms with Crippen molar-refractivity contribution in [3.8, 4) is 6.07 Å². The predicted molar refractivity (Wildman–Crippen MR) is 134 cm³/mol. The van der Waals surface area contributed by atoms with E-state index in [0.717, 1.165) is 36.8 Å². The average Bonchev–Trinajstić information content (AvgIpc) is 3.39. The van der Waals surface area contributed by atoms with E-state index in [0.29, 0.717) is 35.7 Å². The second-order valence-electron chi connectivity index (χ2n) is 9.09. The molecule has 3 nitrogen and oxygen atoms in total. The second kappa shape index (κ2) is 11.3. The van der Waals surface area contributed by atoms with E-state index < -0.39 is 0 Å². The fourth-order valence-electron chi connectivity index (χ4n) is 4.89. The van der Waals surface area contributed by atoms with Crippen molar-refractivity contribution in [2.45, 2.75) is 38.5 Å². The minimum Gasteiger partial charge on any atom is -0.309 e. The van der Waals surface area contributed by atoms with E-state index in [1.807, 2.05) is 42.5 Å². The van der Waals surface area contributed by atoms with Gasteiger partial charge in [0.2, 0.25) is 5.91 Å². The maximum Gasteiger partial charge on any atom is 0.230 e. The Balaban J connectivity index is 1.66. The zero-order valence-electron chi connectivity index (χ0n) is 19.1. The monoisotopic (exact) mass is 474 g/mol. The first kappa shape index (κ1) is 24.0. The van der Waals surface area contributed by atoms with E-state index in [2.05, 4.69) is 6.07 Å². The molecular formula is C29H28ClFN2O. The van der Waals surface area contributed by atoms with Crippen molar-refractivity contribution in [3.05, 3.63) is 100 Å². The first-order valence-corrected chi connectivity index (χ1v) is 12.2. The van der Waals surface area contributed by atoms with Gasteiger partial charge in [-0.25, -0.2) is 4.39 Å². The minimum atomic E-state index is -0.384. The summed E-state index contributed by atoms with van der Waals surface area (Å²) >= 11 is 6.08. The number of para-hydroxylation sites is 1. The summed E-state index contributed by atoms with van der Waals surface area (Å²) in [6, 6.07) is 24.0. The van der Waals surface area contributed by atoms with Crippen LogP contribution in [0.5, 0.6) is 0 Å². The molecule has 5 heteroatoms. The summed E-state index contributed by atoms with van der Waals surface area (Å²) in [4.78, 5) is 15.2. The first-order chi connectivity index (χ1) is 16.5. The molecule has 3 aromatic rings. The van der Waals surface area contributed by atoms with Crippen molar-refractivity contribution in [1.29, 1.82) is 5.26 Å². The molecule has 34 heavy (non-hydrogen) atoms. The highest BCUT2D eigenvalue weighted by Gasteiger charge is 2.31. The third-order valence-corrected chi connectivity index (χ3v) is 6.82. The largest absolute Gasteiger partial charge is 0.309 e. The molecule has 0 heterocycles. The Morgan fingerprint density at radius 3 is 2.41 bits per heavy atom. The Hall–Kier alpha value is -3.16. The maximum atomic E-state index is 14.9. The van der Waals surface area contributed by atoms with Crippen molar-refractivity contribution in [2.24, 2.45) is 11.8 Å². The normalized spacial score (nSPS) is 14.5. The topological polar surface area (TPSA) is 44.1 Å². The van der Waals surface area contributed by atoms with E-state index in [1.165, 1.54) is 6.07 Å². The summed E-state index contributed by atoms with van der Waals surface area (Å²) in [6.07, 6.45) is 5.16. The number of anilines is 1. The summed E-state index contributed by atoms with van der Waals surface area (Å²) in [5, 5.41) is 9.99. The van der Waals surface area contributed by atoms with E-state index in [9.17, 15) is 14.4 Å². The third kappa shape index (κ3) is 6.04. The standard InChI is InChI=1S/C29H28ClFN2O/c30-26-14-12-21(13-15-26)16-24(18-22-6-5-7-23(17-22)19-32)20-33(28-11-4-3-10-27(28)31)29(34)25-8-1-2-9-25/h3-7,10-15,17,24-25H,1-2,8-9,16,18,20H2. The molecule has 1 amide bonds. The minimum absolute atomic E-state index is 0.00878. The Bertz CT molecular complexity index is 1170. The van der Waals surface area contributed by atoms with Gasteiger partial charge in [-0.2, -0.15) is 5.26 Å². The van der Waals surface area contributed by atoms with Crippen LogP contribution in [0.25, 0.3) is 0 Å². The van der Waals surface area contributed by atoms with Crippen LogP contribution in [0.1, 0.15) is 42.4 Å². The Morgan fingerprint density at radius 1 is 1.00 bits per heavy atom. The van der Waals surface area contributed by atoms with Crippen molar-refractivity contribution < 1.29 is 9.18 Å². The van der Waals surface area contributed by atoms with Crippen LogP contribution in [-0.2, 0) is 17.6 Å². The number of carbonyl (C=O) groups excluding carboxylic acids is 1. The summed E-state index contributed by atoms with van der Waals surface area (Å²) in [5.41, 5.74) is 3.08. The van der Waals surface area contributed by atoms with Gasteiger partial charge < -0.3 is 4.90 Å². The van der Waals surface area contributed by atoms with Crippen LogP contribution < -0.4 is 4.90 Å². The number of carbonyl (C=O) groups is 1. The van der Waals surface area contributed by atoms with Gasteiger partial charge in [-0.1, -0.05) is 60.8 Å². The quantitative estimate of drug-likeness (QED) is 0.353. The molecule has 1 saturated carbocycles. The molecule has 4 rings (SSSR count). The van der Waals surface area contributed by atoms with Crippen molar-refractivity contribution in [2.75, 3.05) is 11.4 Å². The number of hydrogen-bond acceptors (Lipinski definition) is 2. The molecule has 1 atom stereocenters. The predicted octanol–water partition coefficient (Wildman–Crippen LogP) is 6.98. The number of hydrogen-bond donors (Lipinski definition) is 0. The van der Waals surface area contributed by atoms with Crippen molar-refractivity contribution in [3.63, 3.8) is 0 Å². The summed E-state index contributed by atoms with van der Waals surface area (Å²) in [6.45, 7) is 0.398. The van der Waals surface area contributed by atoms with Crippen LogP contribution in [0.15, 0.2) is 72.8 Å². The Labute approximate surface area is 205 Å². The molecule has 1 aliphatic carbocycles. The van der Waals surface area contributed by atoms with E-state index in [4.69, 9.17) is 11.6 Å². The van der Waals surface area contributed by atoms with Gasteiger partial charge in [0.25, 0.3) is 0 Å². The van der Waals surface area contributed by atoms with Crippen LogP contribution in [0, 0.1) is 29.0 Å². The number of nitriles is 1. The molecule has 1 aliphatic rings. The van der Waals surface area contributed by atoms with Crippen LogP contribution in [0.4, 0.5) is 10.1 Å². The number of rotatable bonds is 8. The summed E-state index contributed by atoms with van der Waals surface area (Å²) in [7, 11) is 0. The molecule has 0 N–H and O–H groups in total. The number of halogens is 2. The lowest BCUT2D eigenvalue weighted by atomic mass is 9.90. The highest BCUT2D eigenvalue weighted by atomic mass is 35.5. The molecule has 174 valence electrons. The number of amides is 1. The zero-order valence-corrected chi connectivity index (χ0v) is 19.8. The molecule has 0 radical (unpaired) electrons. The Kier molecular flexibility index (Phi) is 7.98. The van der Waals surface area contributed by atoms with Gasteiger partial charge in [0, 0.05) is 17.5 Å². The lowest BCUT2D eigenvalue weighted by Gasteiger charge is -2.30. The average molecular weight is 475 g/mol.